The lowest BCUT2D eigenvalue weighted by Crippen LogP contribution is -1.76. The minimum Gasteiger partial charge on any atom is -0.0622 e. The molecule has 0 aromatic heterocycles. The van der Waals surface area contributed by atoms with E-state index in [1.54, 1.807) is 0 Å². The highest BCUT2D eigenvalue weighted by Crippen LogP contribution is 2.33. The topological polar surface area (TPSA) is 0 Å². The smallest absolute Gasteiger partial charge is 0.0172 e. The van der Waals surface area contributed by atoms with Crippen molar-refractivity contribution in [2.24, 2.45) is 0 Å². The Balaban J connectivity index is 2.05. The SMILES string of the molecule is C1=CC2=CC(c3ccccc3)=CC2=C1. The van der Waals surface area contributed by atoms with E-state index >= 15 is 0 Å². The first-order chi connectivity index (χ1) is 6.93. The summed E-state index contributed by atoms with van der Waals surface area (Å²) in [6.07, 6.45) is 10.9. The van der Waals surface area contributed by atoms with Crippen molar-refractivity contribution in [3.05, 3.63) is 77.4 Å². The summed E-state index contributed by atoms with van der Waals surface area (Å²) in [4.78, 5) is 0. The van der Waals surface area contributed by atoms with Crippen LogP contribution in [0.4, 0.5) is 0 Å². The molecule has 0 fully saturated rings. The van der Waals surface area contributed by atoms with E-state index in [4.69, 9.17) is 0 Å². The number of hydrogen-bond donors (Lipinski definition) is 0. The molecule has 0 atom stereocenters. The van der Waals surface area contributed by atoms with Gasteiger partial charge in [-0.3, -0.25) is 0 Å². The van der Waals surface area contributed by atoms with E-state index in [9.17, 15) is 0 Å². The summed E-state index contributed by atoms with van der Waals surface area (Å²) in [5.41, 5.74) is 5.28. The van der Waals surface area contributed by atoms with Gasteiger partial charge in [-0.15, -0.1) is 0 Å². The molecule has 0 amide bonds. The number of benzene rings is 1. The first kappa shape index (κ1) is 7.57. The predicted molar refractivity (Wildman–Crippen MR) is 59.7 cm³/mol. The Bertz CT molecular complexity index is 482. The molecule has 2 aliphatic rings. The molecule has 0 heteroatoms. The van der Waals surface area contributed by atoms with Crippen LogP contribution in [0.15, 0.2) is 71.9 Å². The lowest BCUT2D eigenvalue weighted by atomic mass is 10.1. The van der Waals surface area contributed by atoms with Gasteiger partial charge in [0, 0.05) is 0 Å². The summed E-state index contributed by atoms with van der Waals surface area (Å²) >= 11 is 0. The second kappa shape index (κ2) is 2.85. The molecule has 0 saturated carbocycles. The number of fused-ring (bicyclic) bond motifs is 1. The minimum atomic E-state index is 1.30. The molecule has 0 radical (unpaired) electrons. The molecule has 3 rings (SSSR count). The summed E-state index contributed by atoms with van der Waals surface area (Å²) in [6, 6.07) is 10.5. The molecular formula is C14H10. The first-order valence-electron chi connectivity index (χ1n) is 4.81. The zero-order valence-electron chi connectivity index (χ0n) is 7.77. The molecule has 0 nitrogen and oxygen atoms in total. The highest BCUT2D eigenvalue weighted by atomic mass is 14.2. The molecule has 1 aromatic rings. The zero-order chi connectivity index (χ0) is 9.38. The van der Waals surface area contributed by atoms with Crippen molar-refractivity contribution in [1.82, 2.24) is 0 Å². The van der Waals surface area contributed by atoms with Crippen LogP contribution in [-0.2, 0) is 0 Å². The van der Waals surface area contributed by atoms with Crippen LogP contribution in [0.25, 0.3) is 5.57 Å². The van der Waals surface area contributed by atoms with Crippen molar-refractivity contribution < 1.29 is 0 Å². The van der Waals surface area contributed by atoms with Gasteiger partial charge in [0.25, 0.3) is 0 Å². The van der Waals surface area contributed by atoms with Gasteiger partial charge in [0.05, 0.1) is 0 Å². The average Bonchev–Trinajstić information content (AvgIpc) is 2.78. The second-order valence-corrected chi connectivity index (χ2v) is 3.55. The van der Waals surface area contributed by atoms with E-state index in [-0.39, 0.29) is 0 Å². The van der Waals surface area contributed by atoms with Crippen molar-refractivity contribution in [3.63, 3.8) is 0 Å². The third kappa shape index (κ3) is 1.08. The van der Waals surface area contributed by atoms with Gasteiger partial charge in [0.15, 0.2) is 0 Å². The number of hydrogen-bond acceptors (Lipinski definition) is 0. The quantitative estimate of drug-likeness (QED) is 0.617. The lowest BCUT2D eigenvalue weighted by molar-refractivity contribution is 1.63. The van der Waals surface area contributed by atoms with Gasteiger partial charge >= 0.3 is 0 Å². The lowest BCUT2D eigenvalue weighted by Gasteiger charge is -1.97. The van der Waals surface area contributed by atoms with E-state index < -0.39 is 0 Å². The first-order valence-corrected chi connectivity index (χ1v) is 4.81. The highest BCUT2D eigenvalue weighted by molar-refractivity contribution is 5.85. The van der Waals surface area contributed by atoms with Gasteiger partial charge in [0.2, 0.25) is 0 Å². The molecule has 0 bridgehead atoms. The van der Waals surface area contributed by atoms with E-state index in [1.165, 1.54) is 22.3 Å². The Morgan fingerprint density at radius 2 is 1.50 bits per heavy atom. The Hall–Kier alpha value is -1.82. The molecular weight excluding hydrogens is 168 g/mol. The highest BCUT2D eigenvalue weighted by Gasteiger charge is 2.12. The Kier molecular flexibility index (Phi) is 1.54. The van der Waals surface area contributed by atoms with Crippen LogP contribution >= 0.6 is 0 Å². The van der Waals surface area contributed by atoms with Crippen LogP contribution in [0.1, 0.15) is 5.56 Å². The van der Waals surface area contributed by atoms with Crippen molar-refractivity contribution in [2.75, 3.05) is 0 Å². The summed E-state index contributed by atoms with van der Waals surface area (Å²) in [5, 5.41) is 0. The maximum Gasteiger partial charge on any atom is -0.0172 e. The molecule has 0 saturated heterocycles. The molecule has 0 N–H and O–H groups in total. The summed E-state index contributed by atoms with van der Waals surface area (Å²) in [7, 11) is 0. The average molecular weight is 178 g/mol. The van der Waals surface area contributed by atoms with Gasteiger partial charge in [-0.1, -0.05) is 48.6 Å². The normalized spacial score (nSPS) is 17.6. The van der Waals surface area contributed by atoms with Gasteiger partial charge in [-0.25, -0.2) is 0 Å². The molecule has 1 aromatic carbocycles. The van der Waals surface area contributed by atoms with E-state index in [0.29, 0.717) is 0 Å². The minimum absolute atomic E-state index is 1.30. The fraction of sp³-hybridized carbons (Fsp3) is 0. The largest absolute Gasteiger partial charge is 0.0622 e. The molecule has 0 aliphatic heterocycles. The molecule has 0 spiro atoms. The van der Waals surface area contributed by atoms with Crippen LogP contribution in [0, 0.1) is 0 Å². The number of allylic oxidation sites excluding steroid dienone is 8. The fourth-order valence-electron chi connectivity index (χ4n) is 1.88. The Morgan fingerprint density at radius 1 is 0.714 bits per heavy atom. The predicted octanol–water partition coefficient (Wildman–Crippen LogP) is 3.51. The summed E-state index contributed by atoms with van der Waals surface area (Å²) in [5.74, 6) is 0. The van der Waals surface area contributed by atoms with Crippen LogP contribution in [0.3, 0.4) is 0 Å². The monoisotopic (exact) mass is 178 g/mol. The van der Waals surface area contributed by atoms with Crippen molar-refractivity contribution >= 4 is 5.57 Å². The van der Waals surface area contributed by atoms with E-state index in [0.717, 1.165) is 0 Å². The standard InChI is InChI=1S/C14H10/c1-2-5-11(6-3-1)14-9-12-7-4-8-13(12)10-14/h1-10H. The second-order valence-electron chi connectivity index (χ2n) is 3.55. The Morgan fingerprint density at radius 3 is 2.29 bits per heavy atom. The van der Waals surface area contributed by atoms with Crippen molar-refractivity contribution in [1.29, 1.82) is 0 Å². The van der Waals surface area contributed by atoms with Gasteiger partial charge in [0.1, 0.15) is 0 Å². The maximum absolute atomic E-state index is 2.24. The van der Waals surface area contributed by atoms with Crippen molar-refractivity contribution in [3.8, 4) is 0 Å². The molecule has 0 unspecified atom stereocenters. The molecule has 0 heterocycles. The third-order valence-electron chi connectivity index (χ3n) is 2.61. The zero-order valence-corrected chi connectivity index (χ0v) is 7.77. The van der Waals surface area contributed by atoms with E-state index in [1.807, 2.05) is 6.07 Å². The maximum atomic E-state index is 2.24. The van der Waals surface area contributed by atoms with Crippen LogP contribution in [0.2, 0.25) is 0 Å². The van der Waals surface area contributed by atoms with E-state index in [2.05, 4.69) is 54.6 Å². The molecule has 2 aliphatic carbocycles. The third-order valence-corrected chi connectivity index (χ3v) is 2.61. The number of rotatable bonds is 1. The van der Waals surface area contributed by atoms with Crippen LogP contribution < -0.4 is 0 Å². The van der Waals surface area contributed by atoms with Crippen molar-refractivity contribution in [2.45, 2.75) is 0 Å². The van der Waals surface area contributed by atoms with Gasteiger partial charge in [-0.2, -0.15) is 0 Å². The molecule has 14 heavy (non-hydrogen) atoms. The van der Waals surface area contributed by atoms with Crippen LogP contribution in [-0.4, -0.2) is 0 Å². The summed E-state index contributed by atoms with van der Waals surface area (Å²) in [6.45, 7) is 0. The van der Waals surface area contributed by atoms with Gasteiger partial charge < -0.3 is 0 Å². The fourth-order valence-corrected chi connectivity index (χ4v) is 1.88. The Labute approximate surface area is 83.6 Å². The molecule has 66 valence electrons. The van der Waals surface area contributed by atoms with Crippen LogP contribution in [0.5, 0.6) is 0 Å². The summed E-state index contributed by atoms with van der Waals surface area (Å²) < 4.78 is 0. The van der Waals surface area contributed by atoms with Gasteiger partial charge in [-0.05, 0) is 34.4 Å².